The van der Waals surface area contributed by atoms with E-state index in [9.17, 15) is 9.59 Å². The van der Waals surface area contributed by atoms with Crippen molar-refractivity contribution in [2.45, 2.75) is 33.8 Å². The Morgan fingerprint density at radius 1 is 1.00 bits per heavy atom. The second-order valence-corrected chi connectivity index (χ2v) is 5.91. The van der Waals surface area contributed by atoms with Crippen LogP contribution in [0.1, 0.15) is 35.3 Å². The number of benzene rings is 2. The molecule has 2 rings (SSSR count). The summed E-state index contributed by atoms with van der Waals surface area (Å²) in [7, 11) is 0. The summed E-state index contributed by atoms with van der Waals surface area (Å²) in [4.78, 5) is 24.3. The van der Waals surface area contributed by atoms with Gasteiger partial charge >= 0.3 is 0 Å². The molecule has 0 aliphatic rings. The Labute approximate surface area is 153 Å². The Bertz CT molecular complexity index is 789. The molecule has 0 spiro atoms. The minimum atomic E-state index is -0.757. The minimum Gasteiger partial charge on any atom is -0.494 e. The normalized spacial score (nSPS) is 11.4. The van der Waals surface area contributed by atoms with Gasteiger partial charge in [0.25, 0.3) is 11.8 Å². The largest absolute Gasteiger partial charge is 0.494 e. The molecule has 0 radical (unpaired) electrons. The standard InChI is InChI=1S/C20H24N2O4/c1-5-25-17-8-6-7-16(12-17)20(24)22-21-19(23)15(4)26-18-10-9-13(2)14(3)11-18/h6-12,15H,5H2,1-4H3,(H,21,23)(H,22,24). The van der Waals surface area contributed by atoms with E-state index in [1.807, 2.05) is 39.0 Å². The molecule has 0 fully saturated rings. The van der Waals surface area contributed by atoms with Gasteiger partial charge in [-0.05, 0) is 69.2 Å². The maximum Gasteiger partial charge on any atom is 0.279 e. The zero-order valence-electron chi connectivity index (χ0n) is 15.5. The molecule has 2 aromatic rings. The van der Waals surface area contributed by atoms with E-state index in [1.165, 1.54) is 0 Å². The summed E-state index contributed by atoms with van der Waals surface area (Å²) in [5.41, 5.74) is 7.37. The van der Waals surface area contributed by atoms with E-state index in [0.717, 1.165) is 11.1 Å². The van der Waals surface area contributed by atoms with Gasteiger partial charge in [0.1, 0.15) is 11.5 Å². The van der Waals surface area contributed by atoms with Crippen molar-refractivity contribution in [1.29, 1.82) is 0 Å². The number of aryl methyl sites for hydroxylation is 2. The number of amides is 2. The van der Waals surface area contributed by atoms with E-state index >= 15 is 0 Å². The van der Waals surface area contributed by atoms with Gasteiger partial charge in [0.05, 0.1) is 6.61 Å². The summed E-state index contributed by atoms with van der Waals surface area (Å²) in [5.74, 6) is 0.320. The van der Waals surface area contributed by atoms with E-state index in [0.29, 0.717) is 23.7 Å². The van der Waals surface area contributed by atoms with Crippen molar-refractivity contribution in [3.05, 3.63) is 59.2 Å². The van der Waals surface area contributed by atoms with Crippen LogP contribution in [0.4, 0.5) is 0 Å². The average molecular weight is 356 g/mol. The fraction of sp³-hybridized carbons (Fsp3) is 0.300. The number of carbonyl (C=O) groups excluding carboxylic acids is 2. The number of ether oxygens (including phenoxy) is 2. The summed E-state index contributed by atoms with van der Waals surface area (Å²) in [5, 5.41) is 0. The molecule has 0 bridgehead atoms. The summed E-state index contributed by atoms with van der Waals surface area (Å²) < 4.78 is 11.0. The first-order chi connectivity index (χ1) is 12.4. The third-order valence-corrected chi connectivity index (χ3v) is 3.87. The van der Waals surface area contributed by atoms with Gasteiger partial charge in [0.2, 0.25) is 0 Å². The molecule has 0 aromatic heterocycles. The average Bonchev–Trinajstić information content (AvgIpc) is 2.63. The maximum absolute atomic E-state index is 12.1. The van der Waals surface area contributed by atoms with Crippen molar-refractivity contribution < 1.29 is 19.1 Å². The highest BCUT2D eigenvalue weighted by atomic mass is 16.5. The smallest absolute Gasteiger partial charge is 0.279 e. The van der Waals surface area contributed by atoms with E-state index in [1.54, 1.807) is 31.2 Å². The van der Waals surface area contributed by atoms with Gasteiger partial charge in [-0.1, -0.05) is 12.1 Å². The molecule has 6 nitrogen and oxygen atoms in total. The van der Waals surface area contributed by atoms with Gasteiger partial charge < -0.3 is 9.47 Å². The van der Waals surface area contributed by atoms with Crippen LogP contribution in [0.25, 0.3) is 0 Å². The predicted molar refractivity (Wildman–Crippen MR) is 99.2 cm³/mol. The van der Waals surface area contributed by atoms with Crippen molar-refractivity contribution in [1.82, 2.24) is 10.9 Å². The van der Waals surface area contributed by atoms with E-state index < -0.39 is 17.9 Å². The van der Waals surface area contributed by atoms with Crippen molar-refractivity contribution in [3.63, 3.8) is 0 Å². The zero-order valence-corrected chi connectivity index (χ0v) is 15.5. The summed E-state index contributed by atoms with van der Waals surface area (Å²) >= 11 is 0. The van der Waals surface area contributed by atoms with Crippen LogP contribution in [0.2, 0.25) is 0 Å². The maximum atomic E-state index is 12.1. The Kier molecular flexibility index (Phi) is 6.60. The number of hydrogen-bond acceptors (Lipinski definition) is 4. The molecule has 2 amide bonds. The van der Waals surface area contributed by atoms with Crippen LogP contribution in [0, 0.1) is 13.8 Å². The Morgan fingerprint density at radius 3 is 2.46 bits per heavy atom. The lowest BCUT2D eigenvalue weighted by atomic mass is 10.1. The third-order valence-electron chi connectivity index (χ3n) is 3.87. The van der Waals surface area contributed by atoms with Gasteiger partial charge in [-0.15, -0.1) is 0 Å². The molecule has 1 atom stereocenters. The highest BCUT2D eigenvalue weighted by Crippen LogP contribution is 2.17. The second-order valence-electron chi connectivity index (χ2n) is 5.91. The van der Waals surface area contributed by atoms with Crippen LogP contribution in [0.5, 0.6) is 11.5 Å². The highest BCUT2D eigenvalue weighted by Gasteiger charge is 2.16. The zero-order chi connectivity index (χ0) is 19.1. The van der Waals surface area contributed by atoms with Gasteiger partial charge in [0, 0.05) is 5.56 Å². The topological polar surface area (TPSA) is 76.7 Å². The Morgan fingerprint density at radius 2 is 1.77 bits per heavy atom. The molecule has 0 saturated carbocycles. The number of carbonyl (C=O) groups is 2. The SMILES string of the molecule is CCOc1cccc(C(=O)NNC(=O)C(C)Oc2ccc(C)c(C)c2)c1. The number of hydrazine groups is 1. The van der Waals surface area contributed by atoms with Crippen molar-refractivity contribution >= 4 is 11.8 Å². The van der Waals surface area contributed by atoms with E-state index in [-0.39, 0.29) is 0 Å². The van der Waals surface area contributed by atoms with Crippen LogP contribution < -0.4 is 20.3 Å². The molecule has 0 heterocycles. The van der Waals surface area contributed by atoms with Crippen LogP contribution in [-0.2, 0) is 4.79 Å². The molecule has 2 N–H and O–H groups in total. The number of nitrogens with one attached hydrogen (secondary N) is 2. The number of rotatable bonds is 6. The molecule has 6 heteroatoms. The molecule has 26 heavy (non-hydrogen) atoms. The fourth-order valence-electron chi connectivity index (χ4n) is 2.23. The van der Waals surface area contributed by atoms with Crippen molar-refractivity contribution in [3.8, 4) is 11.5 Å². The second kappa shape index (κ2) is 8.89. The Balaban J connectivity index is 1.89. The van der Waals surface area contributed by atoms with Crippen LogP contribution in [0.3, 0.4) is 0 Å². The van der Waals surface area contributed by atoms with Gasteiger partial charge in [-0.3, -0.25) is 20.4 Å². The van der Waals surface area contributed by atoms with Crippen LogP contribution in [0.15, 0.2) is 42.5 Å². The summed E-state index contributed by atoms with van der Waals surface area (Å²) in [6.07, 6.45) is -0.757. The first-order valence-corrected chi connectivity index (χ1v) is 8.47. The van der Waals surface area contributed by atoms with Crippen LogP contribution >= 0.6 is 0 Å². The molecular formula is C20H24N2O4. The monoisotopic (exact) mass is 356 g/mol. The molecule has 0 aliphatic carbocycles. The Hall–Kier alpha value is -3.02. The third kappa shape index (κ3) is 5.24. The summed E-state index contributed by atoms with van der Waals surface area (Å²) in [6.45, 7) is 7.97. The molecule has 2 aromatic carbocycles. The summed E-state index contributed by atoms with van der Waals surface area (Å²) in [6, 6.07) is 12.3. The van der Waals surface area contributed by atoms with Gasteiger partial charge in [-0.25, -0.2) is 0 Å². The number of hydrogen-bond donors (Lipinski definition) is 2. The minimum absolute atomic E-state index is 0.388. The lowest BCUT2D eigenvalue weighted by Crippen LogP contribution is -2.47. The first-order valence-electron chi connectivity index (χ1n) is 8.47. The van der Waals surface area contributed by atoms with E-state index in [4.69, 9.17) is 9.47 Å². The van der Waals surface area contributed by atoms with E-state index in [2.05, 4.69) is 10.9 Å². The predicted octanol–water partition coefficient (Wildman–Crippen LogP) is 2.93. The van der Waals surface area contributed by atoms with Crippen molar-refractivity contribution in [2.75, 3.05) is 6.61 Å². The lowest BCUT2D eigenvalue weighted by molar-refractivity contribution is -0.128. The van der Waals surface area contributed by atoms with Gasteiger partial charge in [0.15, 0.2) is 6.10 Å². The highest BCUT2D eigenvalue weighted by molar-refractivity contribution is 5.96. The first kappa shape index (κ1) is 19.3. The molecule has 138 valence electrons. The van der Waals surface area contributed by atoms with Crippen LogP contribution in [-0.4, -0.2) is 24.5 Å². The fourth-order valence-corrected chi connectivity index (χ4v) is 2.23. The van der Waals surface area contributed by atoms with Gasteiger partial charge in [-0.2, -0.15) is 0 Å². The lowest BCUT2D eigenvalue weighted by Gasteiger charge is -2.16. The van der Waals surface area contributed by atoms with Crippen molar-refractivity contribution in [2.24, 2.45) is 0 Å². The molecule has 1 unspecified atom stereocenters. The quantitative estimate of drug-likeness (QED) is 0.780. The molecular weight excluding hydrogens is 332 g/mol. The molecule has 0 saturated heterocycles. The molecule has 0 aliphatic heterocycles.